The highest BCUT2D eigenvalue weighted by Crippen LogP contribution is 2.26. The van der Waals surface area contributed by atoms with Gasteiger partial charge in [-0.15, -0.1) is 24.5 Å². The smallest absolute Gasteiger partial charge is 0.466 e. The predicted molar refractivity (Wildman–Crippen MR) is 98.1 cm³/mol. The van der Waals surface area contributed by atoms with Crippen LogP contribution < -0.4 is 10.1 Å². The van der Waals surface area contributed by atoms with Gasteiger partial charge >= 0.3 is 12.3 Å². The average molecular weight is 434 g/mol. The number of carbonyl (C=O) groups is 2. The maximum absolute atomic E-state index is 12.4. The number of thioether (sulfide) groups is 1. The Bertz CT molecular complexity index is 812. The minimum Gasteiger partial charge on any atom is -0.466 e. The Kier molecular flexibility index (Phi) is 8.12. The summed E-state index contributed by atoms with van der Waals surface area (Å²) in [4.78, 5) is 27.6. The number of hydrogen-bond donors (Lipinski definition) is 1. The minimum atomic E-state index is -4.80. The molecule has 2 aromatic rings. The fourth-order valence-corrected chi connectivity index (χ4v) is 3.72. The molecule has 1 amide bonds. The van der Waals surface area contributed by atoms with Crippen LogP contribution >= 0.6 is 23.1 Å². The number of nitrogens with zero attached hydrogens (tertiary/aromatic N) is 1. The van der Waals surface area contributed by atoms with Crippen LogP contribution in [0.25, 0.3) is 0 Å². The lowest BCUT2D eigenvalue weighted by molar-refractivity contribution is -0.274. The van der Waals surface area contributed by atoms with Crippen LogP contribution in [0.2, 0.25) is 0 Å². The first kappa shape index (κ1) is 22.0. The molecule has 1 N–H and O–H groups in total. The van der Waals surface area contributed by atoms with Gasteiger partial charge in [-0.1, -0.05) is 30.0 Å². The largest absolute Gasteiger partial charge is 0.573 e. The molecular weight excluding hydrogens is 417 g/mol. The number of benzene rings is 1. The summed E-state index contributed by atoms with van der Waals surface area (Å²) in [5, 5.41) is 4.26. The molecule has 2 rings (SSSR count). The van der Waals surface area contributed by atoms with E-state index in [1.807, 2.05) is 0 Å². The van der Waals surface area contributed by atoms with Crippen LogP contribution in [0.5, 0.6) is 5.75 Å². The number of halogens is 3. The van der Waals surface area contributed by atoms with E-state index in [-0.39, 0.29) is 41.9 Å². The van der Waals surface area contributed by atoms with Gasteiger partial charge in [0.1, 0.15) is 5.75 Å². The molecule has 28 heavy (non-hydrogen) atoms. The zero-order valence-electron chi connectivity index (χ0n) is 14.7. The third-order valence-corrected chi connectivity index (χ3v) is 5.23. The van der Waals surface area contributed by atoms with Crippen LogP contribution in [0.15, 0.2) is 34.0 Å². The number of nitrogens with one attached hydrogen (secondary N) is 1. The van der Waals surface area contributed by atoms with E-state index in [0.29, 0.717) is 16.6 Å². The number of carbonyl (C=O) groups excluding carboxylic acids is 2. The summed E-state index contributed by atoms with van der Waals surface area (Å²) in [6, 6.07) is 5.60. The molecular formula is C17H17F3N2O4S2. The summed E-state index contributed by atoms with van der Waals surface area (Å²) in [5.41, 5.74) is 0.772. The molecule has 1 heterocycles. The lowest BCUT2D eigenvalue weighted by atomic mass is 10.2. The van der Waals surface area contributed by atoms with E-state index >= 15 is 0 Å². The minimum absolute atomic E-state index is 0.0364. The highest BCUT2D eigenvalue weighted by Gasteiger charge is 2.31. The van der Waals surface area contributed by atoms with Gasteiger partial charge < -0.3 is 14.8 Å². The SMILES string of the molecule is CCOC(=O)Cc1csc(SCC(=O)NCc2ccccc2OC(F)(F)F)n1. The monoisotopic (exact) mass is 434 g/mol. The summed E-state index contributed by atoms with van der Waals surface area (Å²) in [7, 11) is 0. The standard InChI is InChI=1S/C17H17F3N2O4S2/c1-2-25-15(24)7-12-9-27-16(22-12)28-10-14(23)21-8-11-5-3-4-6-13(11)26-17(18,19)20/h3-6,9H,2,7-8,10H2,1H3,(H,21,23). The quantitative estimate of drug-likeness (QED) is 0.480. The van der Waals surface area contributed by atoms with Crippen molar-refractivity contribution in [1.82, 2.24) is 10.3 Å². The fraction of sp³-hybridized carbons (Fsp3) is 0.353. The van der Waals surface area contributed by atoms with E-state index in [2.05, 4.69) is 15.0 Å². The Morgan fingerprint density at radius 1 is 1.29 bits per heavy atom. The van der Waals surface area contributed by atoms with Gasteiger partial charge in [-0.25, -0.2) is 4.98 Å². The van der Waals surface area contributed by atoms with Crippen molar-refractivity contribution in [3.8, 4) is 5.75 Å². The molecule has 6 nitrogen and oxygen atoms in total. The van der Waals surface area contributed by atoms with Crippen LogP contribution in [0.4, 0.5) is 13.2 Å². The number of ether oxygens (including phenoxy) is 2. The second kappa shape index (κ2) is 10.3. The molecule has 0 atom stereocenters. The number of alkyl halides is 3. The Balaban J connectivity index is 1.81. The lowest BCUT2D eigenvalue weighted by Crippen LogP contribution is -2.25. The average Bonchev–Trinajstić information content (AvgIpc) is 3.05. The number of hydrogen-bond acceptors (Lipinski definition) is 7. The number of esters is 1. The van der Waals surface area contributed by atoms with Crippen molar-refractivity contribution in [3.05, 3.63) is 40.9 Å². The maximum Gasteiger partial charge on any atom is 0.573 e. The lowest BCUT2D eigenvalue weighted by Gasteiger charge is -2.13. The van der Waals surface area contributed by atoms with E-state index in [1.165, 1.54) is 41.3 Å². The molecule has 0 saturated carbocycles. The van der Waals surface area contributed by atoms with Crippen LogP contribution in [-0.2, 0) is 27.3 Å². The van der Waals surface area contributed by atoms with Gasteiger partial charge in [0.15, 0.2) is 4.34 Å². The Labute approximate surface area is 167 Å². The van der Waals surface area contributed by atoms with Gasteiger partial charge in [0.05, 0.1) is 24.5 Å². The second-order valence-corrected chi connectivity index (χ2v) is 7.39. The number of amides is 1. The van der Waals surface area contributed by atoms with Crippen LogP contribution in [0, 0.1) is 0 Å². The van der Waals surface area contributed by atoms with Crippen molar-refractivity contribution >= 4 is 35.0 Å². The molecule has 0 aliphatic rings. The van der Waals surface area contributed by atoms with Crippen LogP contribution in [0.1, 0.15) is 18.2 Å². The normalized spacial score (nSPS) is 11.1. The number of rotatable bonds is 9. The molecule has 0 radical (unpaired) electrons. The summed E-state index contributed by atoms with van der Waals surface area (Å²) >= 11 is 2.47. The number of para-hydroxylation sites is 1. The molecule has 11 heteroatoms. The first-order valence-corrected chi connectivity index (χ1v) is 9.96. The van der Waals surface area contributed by atoms with Gasteiger partial charge in [0.25, 0.3) is 0 Å². The fourth-order valence-electron chi connectivity index (χ4n) is 2.04. The summed E-state index contributed by atoms with van der Waals surface area (Å²) in [6.07, 6.45) is -4.74. The first-order chi connectivity index (χ1) is 13.3. The Morgan fingerprint density at radius 3 is 2.75 bits per heavy atom. The van der Waals surface area contributed by atoms with Crippen molar-refractivity contribution in [2.24, 2.45) is 0 Å². The van der Waals surface area contributed by atoms with Gasteiger partial charge in [0, 0.05) is 17.5 Å². The van der Waals surface area contributed by atoms with Gasteiger partial charge in [-0.3, -0.25) is 9.59 Å². The summed E-state index contributed by atoms with van der Waals surface area (Å²) in [6.45, 7) is 1.91. The molecule has 0 unspecified atom stereocenters. The zero-order chi connectivity index (χ0) is 20.6. The van der Waals surface area contributed by atoms with Crippen LogP contribution in [-0.4, -0.2) is 35.6 Å². The topological polar surface area (TPSA) is 77.5 Å². The summed E-state index contributed by atoms with van der Waals surface area (Å²) < 4.78 is 46.6. The molecule has 1 aromatic carbocycles. The van der Waals surface area contributed by atoms with Crippen LogP contribution in [0.3, 0.4) is 0 Å². The molecule has 0 fully saturated rings. The van der Waals surface area contributed by atoms with Crippen molar-refractivity contribution in [2.75, 3.05) is 12.4 Å². The highest BCUT2D eigenvalue weighted by atomic mass is 32.2. The molecule has 152 valence electrons. The Morgan fingerprint density at radius 2 is 2.04 bits per heavy atom. The second-order valence-electron chi connectivity index (χ2n) is 5.31. The third kappa shape index (κ3) is 7.77. The number of thiazole rings is 1. The van der Waals surface area contributed by atoms with E-state index in [9.17, 15) is 22.8 Å². The van der Waals surface area contributed by atoms with E-state index in [0.717, 1.165) is 0 Å². The van der Waals surface area contributed by atoms with Gasteiger partial charge in [-0.05, 0) is 13.0 Å². The summed E-state index contributed by atoms with van der Waals surface area (Å²) in [5.74, 6) is -1.06. The van der Waals surface area contributed by atoms with Crippen molar-refractivity contribution in [1.29, 1.82) is 0 Å². The third-order valence-electron chi connectivity index (χ3n) is 3.16. The van der Waals surface area contributed by atoms with Crippen molar-refractivity contribution in [3.63, 3.8) is 0 Å². The molecule has 0 bridgehead atoms. The predicted octanol–water partition coefficient (Wildman–Crippen LogP) is 3.56. The molecule has 0 spiro atoms. The Hall–Kier alpha value is -2.27. The van der Waals surface area contributed by atoms with E-state index in [1.54, 1.807) is 18.4 Å². The highest BCUT2D eigenvalue weighted by molar-refractivity contribution is 8.01. The number of aromatic nitrogens is 1. The van der Waals surface area contributed by atoms with E-state index in [4.69, 9.17) is 4.74 Å². The first-order valence-electron chi connectivity index (χ1n) is 8.10. The maximum atomic E-state index is 12.4. The molecule has 1 aromatic heterocycles. The van der Waals surface area contributed by atoms with Gasteiger partial charge in [0.2, 0.25) is 5.91 Å². The molecule has 0 aliphatic carbocycles. The van der Waals surface area contributed by atoms with Crippen molar-refractivity contribution < 1.29 is 32.2 Å². The zero-order valence-corrected chi connectivity index (χ0v) is 16.4. The van der Waals surface area contributed by atoms with Crippen molar-refractivity contribution in [2.45, 2.75) is 30.6 Å². The van der Waals surface area contributed by atoms with E-state index < -0.39 is 6.36 Å². The molecule has 0 aliphatic heterocycles. The van der Waals surface area contributed by atoms with Gasteiger partial charge in [-0.2, -0.15) is 0 Å². The molecule has 0 saturated heterocycles.